The number of rotatable bonds is 4. The molecule has 1 aromatic heterocycles. The molecular formula is C14H25N5O2S. The van der Waals surface area contributed by atoms with E-state index in [-0.39, 0.29) is 5.75 Å². The van der Waals surface area contributed by atoms with Crippen molar-refractivity contribution in [2.24, 2.45) is 4.99 Å². The first-order chi connectivity index (χ1) is 10.4. The van der Waals surface area contributed by atoms with Gasteiger partial charge in [-0.2, -0.15) is 0 Å². The second-order valence-electron chi connectivity index (χ2n) is 6.13. The zero-order valence-corrected chi connectivity index (χ0v) is 14.3. The summed E-state index contributed by atoms with van der Waals surface area (Å²) >= 11 is 0. The topological polar surface area (TPSA) is 79.6 Å². The first kappa shape index (κ1) is 16.8. The monoisotopic (exact) mass is 327 g/mol. The quantitative estimate of drug-likeness (QED) is 0.491. The van der Waals surface area contributed by atoms with Gasteiger partial charge in [0.25, 0.3) is 0 Å². The molecule has 1 N–H and O–H groups in total. The molecule has 0 amide bonds. The van der Waals surface area contributed by atoms with Crippen LogP contribution in [0.25, 0.3) is 0 Å². The van der Waals surface area contributed by atoms with E-state index in [0.29, 0.717) is 13.1 Å². The van der Waals surface area contributed by atoms with E-state index in [9.17, 15) is 8.42 Å². The largest absolute Gasteiger partial charge is 0.356 e. The predicted octanol–water partition coefficient (Wildman–Crippen LogP) is 0.358. The summed E-state index contributed by atoms with van der Waals surface area (Å²) in [6.07, 6.45) is 6.45. The van der Waals surface area contributed by atoms with Crippen LogP contribution in [-0.4, -0.2) is 66.0 Å². The molecule has 22 heavy (non-hydrogen) atoms. The first-order valence-electron chi connectivity index (χ1n) is 7.49. The molecule has 1 aromatic rings. The molecule has 0 unspecified atom stereocenters. The molecule has 0 spiro atoms. The molecular weight excluding hydrogens is 302 g/mol. The van der Waals surface area contributed by atoms with Crippen molar-refractivity contribution in [1.82, 2.24) is 19.8 Å². The van der Waals surface area contributed by atoms with Crippen molar-refractivity contribution < 1.29 is 8.42 Å². The summed E-state index contributed by atoms with van der Waals surface area (Å²) in [5.74, 6) is 0.948. The van der Waals surface area contributed by atoms with Crippen LogP contribution >= 0.6 is 0 Å². The van der Waals surface area contributed by atoms with E-state index in [1.54, 1.807) is 33.4 Å². The molecule has 0 aliphatic carbocycles. The van der Waals surface area contributed by atoms with E-state index in [1.165, 1.54) is 0 Å². The number of guanidine groups is 1. The Labute approximate surface area is 132 Å². The van der Waals surface area contributed by atoms with Crippen molar-refractivity contribution in [3.05, 3.63) is 18.7 Å². The molecule has 1 saturated heterocycles. The minimum atomic E-state index is -3.03. The third kappa shape index (κ3) is 3.79. The van der Waals surface area contributed by atoms with Gasteiger partial charge in [0.15, 0.2) is 15.8 Å². The van der Waals surface area contributed by atoms with Gasteiger partial charge in [-0.3, -0.25) is 4.99 Å². The summed E-state index contributed by atoms with van der Waals surface area (Å²) in [5.41, 5.74) is 0. The van der Waals surface area contributed by atoms with E-state index >= 15 is 0 Å². The van der Waals surface area contributed by atoms with E-state index in [2.05, 4.69) is 15.3 Å². The van der Waals surface area contributed by atoms with Crippen LogP contribution in [0.5, 0.6) is 0 Å². The lowest BCUT2D eigenvalue weighted by Gasteiger charge is -2.39. The van der Waals surface area contributed by atoms with Gasteiger partial charge < -0.3 is 14.8 Å². The van der Waals surface area contributed by atoms with Crippen LogP contribution in [0, 0.1) is 0 Å². The molecule has 7 nitrogen and oxygen atoms in total. The van der Waals surface area contributed by atoms with Crippen LogP contribution in [0.4, 0.5) is 0 Å². The van der Waals surface area contributed by atoms with Gasteiger partial charge in [-0.25, -0.2) is 13.4 Å². The van der Waals surface area contributed by atoms with Crippen LogP contribution in [0.2, 0.25) is 0 Å². The van der Waals surface area contributed by atoms with Gasteiger partial charge in [0, 0.05) is 45.6 Å². The van der Waals surface area contributed by atoms with Crippen molar-refractivity contribution in [2.45, 2.75) is 31.6 Å². The lowest BCUT2D eigenvalue weighted by atomic mass is 10.2. The highest BCUT2D eigenvalue weighted by Crippen LogP contribution is 2.23. The zero-order chi connectivity index (χ0) is 16.2. The van der Waals surface area contributed by atoms with Gasteiger partial charge in [0.2, 0.25) is 0 Å². The molecule has 0 atom stereocenters. The highest BCUT2D eigenvalue weighted by molar-refractivity contribution is 7.92. The highest BCUT2D eigenvalue weighted by atomic mass is 32.2. The zero-order valence-electron chi connectivity index (χ0n) is 13.5. The summed E-state index contributed by atoms with van der Waals surface area (Å²) < 4.78 is 25.4. The number of sulfone groups is 1. The summed E-state index contributed by atoms with van der Waals surface area (Å²) in [7, 11) is -1.29. The lowest BCUT2D eigenvalue weighted by Crippen LogP contribution is -2.57. The van der Waals surface area contributed by atoms with Crippen molar-refractivity contribution in [3.8, 4) is 0 Å². The number of aryl methyl sites for hydroxylation is 1. The van der Waals surface area contributed by atoms with Gasteiger partial charge >= 0.3 is 0 Å². The first-order valence-corrected chi connectivity index (χ1v) is 9.14. The third-order valence-electron chi connectivity index (χ3n) is 3.99. The third-order valence-corrected chi connectivity index (χ3v) is 6.52. The number of imidazole rings is 1. The molecule has 1 aliphatic rings. The summed E-state index contributed by atoms with van der Waals surface area (Å²) in [6, 6.07) is 0. The Hall–Kier alpha value is -1.57. The second-order valence-corrected chi connectivity index (χ2v) is 8.87. The van der Waals surface area contributed by atoms with E-state index in [0.717, 1.165) is 25.5 Å². The fraction of sp³-hybridized carbons (Fsp3) is 0.714. The Morgan fingerprint density at radius 3 is 2.82 bits per heavy atom. The Morgan fingerprint density at radius 1 is 1.45 bits per heavy atom. The number of nitrogens with one attached hydrogen (secondary N) is 1. The standard InChI is InChI=1S/C14H25N5O2S/c1-14(2)11-19(9-10-22(14,20)21)13(15-3)17-5-4-7-18-8-6-16-12-18/h6,8,12H,4-5,7,9-11H2,1-3H3,(H,15,17). The molecule has 0 saturated carbocycles. The van der Waals surface area contributed by atoms with Gasteiger partial charge in [-0.1, -0.05) is 0 Å². The summed E-state index contributed by atoms with van der Waals surface area (Å²) in [5, 5.41) is 3.31. The van der Waals surface area contributed by atoms with E-state index in [1.807, 2.05) is 15.7 Å². The molecule has 8 heteroatoms. The summed E-state index contributed by atoms with van der Waals surface area (Å²) in [4.78, 5) is 10.3. The maximum atomic E-state index is 12.1. The number of hydrogen-bond acceptors (Lipinski definition) is 4. The molecule has 2 rings (SSSR count). The van der Waals surface area contributed by atoms with Crippen LogP contribution in [0.15, 0.2) is 23.7 Å². The number of aliphatic imine (C=N–C) groups is 1. The average molecular weight is 327 g/mol. The van der Waals surface area contributed by atoms with Crippen LogP contribution < -0.4 is 5.32 Å². The minimum absolute atomic E-state index is 0.176. The maximum Gasteiger partial charge on any atom is 0.193 e. The second kappa shape index (κ2) is 6.68. The molecule has 124 valence electrons. The fourth-order valence-corrected chi connectivity index (χ4v) is 3.90. The highest BCUT2D eigenvalue weighted by Gasteiger charge is 2.40. The molecule has 2 heterocycles. The van der Waals surface area contributed by atoms with Crippen LogP contribution in [-0.2, 0) is 16.4 Å². The van der Waals surface area contributed by atoms with Crippen LogP contribution in [0.3, 0.4) is 0 Å². The number of hydrogen-bond donors (Lipinski definition) is 1. The maximum absolute atomic E-state index is 12.1. The number of nitrogens with zero attached hydrogens (tertiary/aromatic N) is 4. The van der Waals surface area contributed by atoms with E-state index < -0.39 is 14.6 Å². The molecule has 1 fully saturated rings. The van der Waals surface area contributed by atoms with Crippen LogP contribution in [0.1, 0.15) is 20.3 Å². The Morgan fingerprint density at radius 2 is 2.23 bits per heavy atom. The fourth-order valence-electron chi connectivity index (χ4n) is 2.54. The molecule has 1 aliphatic heterocycles. The Bertz CT molecular complexity index is 607. The number of aromatic nitrogens is 2. The normalized spacial score (nSPS) is 20.9. The molecule has 0 radical (unpaired) electrons. The predicted molar refractivity (Wildman–Crippen MR) is 87.6 cm³/mol. The van der Waals surface area contributed by atoms with E-state index in [4.69, 9.17) is 0 Å². The lowest BCUT2D eigenvalue weighted by molar-refractivity contribution is 0.353. The van der Waals surface area contributed by atoms with Crippen molar-refractivity contribution in [3.63, 3.8) is 0 Å². The molecule has 0 aromatic carbocycles. The van der Waals surface area contributed by atoms with Crippen molar-refractivity contribution >= 4 is 15.8 Å². The smallest absolute Gasteiger partial charge is 0.193 e. The average Bonchev–Trinajstić information content (AvgIpc) is 2.95. The SMILES string of the molecule is CN=C(NCCCn1ccnc1)N1CCS(=O)(=O)C(C)(C)C1. The Balaban J connectivity index is 1.84. The Kier molecular flexibility index (Phi) is 5.10. The van der Waals surface area contributed by atoms with Gasteiger partial charge in [0.1, 0.15) is 0 Å². The van der Waals surface area contributed by atoms with Gasteiger partial charge in [-0.05, 0) is 20.3 Å². The minimum Gasteiger partial charge on any atom is -0.356 e. The molecule has 0 bridgehead atoms. The van der Waals surface area contributed by atoms with Gasteiger partial charge in [-0.15, -0.1) is 0 Å². The summed E-state index contributed by atoms with van der Waals surface area (Å²) in [6.45, 7) is 6.20. The van der Waals surface area contributed by atoms with Crippen molar-refractivity contribution in [1.29, 1.82) is 0 Å². The van der Waals surface area contributed by atoms with Gasteiger partial charge in [0.05, 0.1) is 16.8 Å². The van der Waals surface area contributed by atoms with Crippen molar-refractivity contribution in [2.75, 3.05) is 32.4 Å².